The number of rotatable bonds is 12. The Morgan fingerprint density at radius 2 is 1.85 bits per heavy atom. The van der Waals surface area contributed by atoms with Crippen LogP contribution in [-0.2, 0) is 23.9 Å². The van der Waals surface area contributed by atoms with Crippen molar-refractivity contribution in [3.05, 3.63) is 66.2 Å². The first kappa shape index (κ1) is 27.8. The summed E-state index contributed by atoms with van der Waals surface area (Å²) < 4.78 is 15.9. The molecule has 2 aromatic carbocycles. The topological polar surface area (TPSA) is 134 Å². The van der Waals surface area contributed by atoms with Crippen LogP contribution < -0.4 is 9.64 Å². The number of methoxy groups -OCH3 is 1. The van der Waals surface area contributed by atoms with Gasteiger partial charge in [0, 0.05) is 50.3 Å². The minimum atomic E-state index is -1.32. The van der Waals surface area contributed by atoms with Gasteiger partial charge >= 0.3 is 17.9 Å². The third-order valence-electron chi connectivity index (χ3n) is 6.45. The normalized spacial score (nSPS) is 14.9. The van der Waals surface area contributed by atoms with Crippen LogP contribution in [0.25, 0.3) is 10.9 Å². The van der Waals surface area contributed by atoms with E-state index in [-0.39, 0.29) is 6.61 Å². The predicted molar refractivity (Wildman–Crippen MR) is 144 cm³/mol. The van der Waals surface area contributed by atoms with Crippen LogP contribution in [0.4, 0.5) is 5.82 Å². The predicted octanol–water partition coefficient (Wildman–Crippen LogP) is 2.94. The number of aromatic nitrogens is 2. The summed E-state index contributed by atoms with van der Waals surface area (Å²) in [5.41, 5.74) is 1.50. The van der Waals surface area contributed by atoms with E-state index in [9.17, 15) is 14.4 Å². The molecule has 1 aromatic heterocycles. The maximum atomic E-state index is 12.7. The molecule has 2 N–H and O–H groups in total. The van der Waals surface area contributed by atoms with Crippen LogP contribution in [-0.4, -0.2) is 84.6 Å². The number of carboxylic acids is 1. The summed E-state index contributed by atoms with van der Waals surface area (Å²) in [6.07, 6.45) is 1.69. The molecule has 1 saturated heterocycles. The fourth-order valence-electron chi connectivity index (χ4n) is 4.44. The molecule has 1 aliphatic rings. The van der Waals surface area contributed by atoms with Gasteiger partial charge in [0.05, 0.1) is 12.6 Å². The lowest BCUT2D eigenvalue weighted by atomic mass is 10.1. The summed E-state index contributed by atoms with van der Waals surface area (Å²) in [4.78, 5) is 39.9. The van der Waals surface area contributed by atoms with Gasteiger partial charge in [-0.1, -0.05) is 24.3 Å². The van der Waals surface area contributed by atoms with Gasteiger partial charge in [-0.15, -0.1) is 0 Å². The molecular formula is C28H32N4O7. The number of carbonyl (C=O) groups excluding carboxylic acids is 2. The van der Waals surface area contributed by atoms with E-state index in [2.05, 4.69) is 26.1 Å². The van der Waals surface area contributed by atoms with Gasteiger partial charge in [0.15, 0.2) is 11.9 Å². The number of carbonyl (C=O) groups is 3. The number of hydrogen-bond donors (Lipinski definition) is 2. The Labute approximate surface area is 225 Å². The standard InChI is InChI=1S/C28H32N4O7/c1-37-21-8-6-7-20(19-21)26(28(36)39-25(35)12-11-24(33)34)38-18-5-4-13-31-14-16-32(17-15-31)27-22-9-2-3-10-23(22)29-30-27/h2-3,6-12,19,26H,4-5,13-18H2,1H3,(H,29,30)(H,33,34)/b12-11+. The molecule has 0 bridgehead atoms. The zero-order valence-electron chi connectivity index (χ0n) is 21.7. The van der Waals surface area contributed by atoms with Crippen molar-refractivity contribution in [1.82, 2.24) is 15.1 Å². The first-order chi connectivity index (χ1) is 18.9. The first-order valence-corrected chi connectivity index (χ1v) is 12.8. The summed E-state index contributed by atoms with van der Waals surface area (Å²) >= 11 is 0. The van der Waals surface area contributed by atoms with Crippen LogP contribution in [0.3, 0.4) is 0 Å². The van der Waals surface area contributed by atoms with Crippen LogP contribution in [0.2, 0.25) is 0 Å². The molecule has 0 amide bonds. The van der Waals surface area contributed by atoms with Gasteiger partial charge in [-0.25, -0.2) is 14.4 Å². The largest absolute Gasteiger partial charge is 0.497 e. The molecule has 1 fully saturated rings. The molecule has 2 heterocycles. The van der Waals surface area contributed by atoms with Crippen molar-refractivity contribution < 1.29 is 33.7 Å². The van der Waals surface area contributed by atoms with Gasteiger partial charge in [0.2, 0.25) is 0 Å². The lowest BCUT2D eigenvalue weighted by molar-refractivity contribution is -0.166. The fraction of sp³-hybridized carbons (Fsp3) is 0.357. The summed E-state index contributed by atoms with van der Waals surface area (Å²) in [5.74, 6) is -1.82. The zero-order valence-corrected chi connectivity index (χ0v) is 21.7. The number of aromatic amines is 1. The highest BCUT2D eigenvalue weighted by Crippen LogP contribution is 2.25. The average molecular weight is 537 g/mol. The quantitative estimate of drug-likeness (QED) is 0.154. The minimum absolute atomic E-state index is 0.273. The number of hydrogen-bond acceptors (Lipinski definition) is 9. The number of nitrogens with one attached hydrogen (secondary N) is 1. The zero-order chi connectivity index (χ0) is 27.6. The number of unbranched alkanes of at least 4 members (excludes halogenated alkanes) is 1. The van der Waals surface area contributed by atoms with E-state index in [1.54, 1.807) is 24.3 Å². The molecule has 1 unspecified atom stereocenters. The molecule has 0 radical (unpaired) electrons. The Morgan fingerprint density at radius 3 is 2.62 bits per heavy atom. The van der Waals surface area contributed by atoms with Gasteiger partial charge in [-0.3, -0.25) is 10.00 Å². The number of piperazine rings is 1. The molecule has 206 valence electrons. The average Bonchev–Trinajstić information content (AvgIpc) is 3.38. The highest BCUT2D eigenvalue weighted by Gasteiger charge is 2.26. The summed E-state index contributed by atoms with van der Waals surface area (Å²) in [7, 11) is 1.50. The van der Waals surface area contributed by atoms with E-state index in [1.807, 2.05) is 18.2 Å². The molecule has 1 aliphatic heterocycles. The van der Waals surface area contributed by atoms with Crippen molar-refractivity contribution in [3.8, 4) is 5.75 Å². The van der Waals surface area contributed by atoms with Crippen LogP contribution in [0, 0.1) is 0 Å². The Hall–Kier alpha value is -4.22. The second-order valence-corrected chi connectivity index (χ2v) is 9.07. The van der Waals surface area contributed by atoms with E-state index >= 15 is 0 Å². The molecule has 0 saturated carbocycles. The van der Waals surface area contributed by atoms with E-state index in [4.69, 9.17) is 19.3 Å². The summed E-state index contributed by atoms with van der Waals surface area (Å²) in [6.45, 7) is 4.79. The van der Waals surface area contributed by atoms with E-state index in [0.717, 1.165) is 55.9 Å². The molecule has 11 heteroatoms. The fourth-order valence-corrected chi connectivity index (χ4v) is 4.44. The molecule has 39 heavy (non-hydrogen) atoms. The maximum Gasteiger partial charge on any atom is 0.347 e. The Bertz CT molecular complexity index is 1310. The van der Waals surface area contributed by atoms with Crippen LogP contribution >= 0.6 is 0 Å². The second-order valence-electron chi connectivity index (χ2n) is 9.07. The van der Waals surface area contributed by atoms with Gasteiger partial charge in [0.25, 0.3) is 0 Å². The molecule has 0 spiro atoms. The number of aliphatic carboxylic acids is 1. The number of nitrogens with zero attached hydrogens (tertiary/aromatic N) is 3. The third-order valence-corrected chi connectivity index (χ3v) is 6.45. The van der Waals surface area contributed by atoms with Crippen molar-refractivity contribution in [2.24, 2.45) is 0 Å². The number of anilines is 1. The highest BCUT2D eigenvalue weighted by molar-refractivity contribution is 5.97. The van der Waals surface area contributed by atoms with E-state index < -0.39 is 24.0 Å². The van der Waals surface area contributed by atoms with Crippen LogP contribution in [0.1, 0.15) is 24.5 Å². The minimum Gasteiger partial charge on any atom is -0.497 e. The lowest BCUT2D eigenvalue weighted by Crippen LogP contribution is -2.46. The molecule has 4 rings (SSSR count). The highest BCUT2D eigenvalue weighted by atomic mass is 16.6. The van der Waals surface area contributed by atoms with Gasteiger partial charge < -0.3 is 24.2 Å². The molecule has 3 aromatic rings. The number of benzene rings is 2. The van der Waals surface area contributed by atoms with Crippen LogP contribution in [0.5, 0.6) is 5.75 Å². The number of carboxylic acid groups (broad SMARTS) is 1. The molecular weight excluding hydrogens is 504 g/mol. The van der Waals surface area contributed by atoms with E-state index in [0.29, 0.717) is 29.9 Å². The van der Waals surface area contributed by atoms with Crippen LogP contribution in [0.15, 0.2) is 60.7 Å². The Balaban J connectivity index is 1.25. The van der Waals surface area contributed by atoms with Crippen molar-refractivity contribution in [2.45, 2.75) is 18.9 Å². The SMILES string of the molecule is COc1cccc(C(OCCCCN2CCN(c3n[nH]c4ccccc34)CC2)C(=O)OC(=O)/C=C/C(=O)O)c1. The summed E-state index contributed by atoms with van der Waals surface area (Å²) in [6, 6.07) is 14.9. The number of para-hydroxylation sites is 1. The lowest BCUT2D eigenvalue weighted by Gasteiger charge is -2.35. The number of esters is 2. The van der Waals surface area contributed by atoms with Crippen molar-refractivity contribution in [2.75, 3.05) is 51.3 Å². The third kappa shape index (κ3) is 7.65. The second kappa shape index (κ2) is 13.5. The first-order valence-electron chi connectivity index (χ1n) is 12.8. The monoisotopic (exact) mass is 536 g/mol. The van der Waals surface area contributed by atoms with Crippen molar-refractivity contribution in [1.29, 1.82) is 0 Å². The Morgan fingerprint density at radius 1 is 1.05 bits per heavy atom. The molecule has 0 aliphatic carbocycles. The number of ether oxygens (including phenoxy) is 3. The molecule has 11 nitrogen and oxygen atoms in total. The van der Waals surface area contributed by atoms with Gasteiger partial charge in [0.1, 0.15) is 5.75 Å². The van der Waals surface area contributed by atoms with Gasteiger partial charge in [-0.2, -0.15) is 5.10 Å². The Kier molecular flexibility index (Phi) is 9.65. The maximum absolute atomic E-state index is 12.7. The van der Waals surface area contributed by atoms with Crippen molar-refractivity contribution >= 4 is 34.6 Å². The number of H-pyrrole nitrogens is 1. The van der Waals surface area contributed by atoms with E-state index in [1.165, 1.54) is 7.11 Å². The molecule has 1 atom stereocenters. The van der Waals surface area contributed by atoms with Gasteiger partial charge in [-0.05, 0) is 49.2 Å². The van der Waals surface area contributed by atoms with Crippen molar-refractivity contribution in [3.63, 3.8) is 0 Å². The number of fused-ring (bicyclic) bond motifs is 1. The smallest absolute Gasteiger partial charge is 0.347 e. The summed E-state index contributed by atoms with van der Waals surface area (Å²) in [5, 5.41) is 17.4.